The highest BCUT2D eigenvalue weighted by atomic mass is 79.9. The highest BCUT2D eigenvalue weighted by Gasteiger charge is 2.33. The lowest BCUT2D eigenvalue weighted by Crippen LogP contribution is -2.47. The van der Waals surface area contributed by atoms with Crippen molar-refractivity contribution in [3.05, 3.63) is 63.0 Å². The second-order valence-corrected chi connectivity index (χ2v) is 8.64. The zero-order valence-electron chi connectivity index (χ0n) is 15.2. The van der Waals surface area contributed by atoms with E-state index in [2.05, 4.69) is 76.8 Å². The summed E-state index contributed by atoms with van der Waals surface area (Å²) in [5.74, 6) is 0. The Balaban J connectivity index is 1.72. The first kappa shape index (κ1) is 16.7. The highest BCUT2D eigenvalue weighted by molar-refractivity contribution is 9.10. The van der Waals surface area contributed by atoms with Crippen molar-refractivity contribution in [2.45, 2.75) is 52.7 Å². The van der Waals surface area contributed by atoms with Crippen LogP contribution in [0.2, 0.25) is 0 Å². The summed E-state index contributed by atoms with van der Waals surface area (Å²) in [6, 6.07) is 6.85. The summed E-state index contributed by atoms with van der Waals surface area (Å²) in [7, 11) is 0. The maximum atomic E-state index is 4.64. The van der Waals surface area contributed by atoms with Gasteiger partial charge >= 0.3 is 0 Å². The molecule has 5 heteroatoms. The van der Waals surface area contributed by atoms with Gasteiger partial charge < -0.3 is 0 Å². The number of rotatable bonds is 2. The van der Waals surface area contributed by atoms with Crippen LogP contribution in [0.5, 0.6) is 0 Å². The van der Waals surface area contributed by atoms with Crippen LogP contribution < -0.4 is 0 Å². The number of fused-ring (bicyclic) bond motifs is 2. The van der Waals surface area contributed by atoms with Crippen LogP contribution in [0.25, 0.3) is 5.65 Å². The molecule has 1 aliphatic heterocycles. The largest absolute Gasteiger partial charge is 0.289 e. The molecule has 2 aromatic heterocycles. The van der Waals surface area contributed by atoms with Gasteiger partial charge in [-0.1, -0.05) is 23.8 Å². The lowest BCUT2D eigenvalue weighted by Gasteiger charge is -2.43. The van der Waals surface area contributed by atoms with Crippen molar-refractivity contribution in [3.8, 4) is 0 Å². The van der Waals surface area contributed by atoms with Gasteiger partial charge in [0.15, 0.2) is 5.65 Å². The van der Waals surface area contributed by atoms with E-state index >= 15 is 0 Å². The van der Waals surface area contributed by atoms with Crippen molar-refractivity contribution in [2.24, 2.45) is 0 Å². The Morgan fingerprint density at radius 2 is 2.00 bits per heavy atom. The molecule has 0 saturated carbocycles. The molecule has 1 aromatic carbocycles. The molecule has 0 spiro atoms. The van der Waals surface area contributed by atoms with Crippen LogP contribution in [0.3, 0.4) is 0 Å². The number of benzene rings is 1. The van der Waals surface area contributed by atoms with E-state index < -0.39 is 0 Å². The molecule has 0 radical (unpaired) electrons. The van der Waals surface area contributed by atoms with E-state index in [1.807, 2.05) is 16.9 Å². The van der Waals surface area contributed by atoms with Crippen LogP contribution in [0.15, 0.2) is 35.1 Å². The van der Waals surface area contributed by atoms with Crippen LogP contribution >= 0.6 is 15.9 Å². The lowest BCUT2D eigenvalue weighted by molar-refractivity contribution is 0.0892. The zero-order chi connectivity index (χ0) is 17.8. The smallest absolute Gasteiger partial charge is 0.159 e. The number of nitrogens with zero attached hydrogens (tertiary/aromatic N) is 4. The molecule has 0 saturated heterocycles. The van der Waals surface area contributed by atoms with Crippen molar-refractivity contribution < 1.29 is 0 Å². The molecule has 0 atom stereocenters. The fourth-order valence-electron chi connectivity index (χ4n) is 3.79. The number of aryl methyl sites for hydroxylation is 2. The van der Waals surface area contributed by atoms with Gasteiger partial charge in [-0.05, 0) is 61.2 Å². The van der Waals surface area contributed by atoms with E-state index in [0.29, 0.717) is 0 Å². The number of aromatic nitrogens is 3. The Bertz CT molecular complexity index is 958. The second kappa shape index (κ2) is 5.92. The molecular formula is C20H23BrN4. The average molecular weight is 399 g/mol. The Kier molecular flexibility index (Phi) is 3.96. The summed E-state index contributed by atoms with van der Waals surface area (Å²) in [5.41, 5.74) is 7.59. The summed E-state index contributed by atoms with van der Waals surface area (Å²) in [6.07, 6.45) is 4.89. The molecule has 3 aromatic rings. The van der Waals surface area contributed by atoms with Crippen LogP contribution in [-0.4, -0.2) is 25.0 Å². The van der Waals surface area contributed by atoms with Crippen molar-refractivity contribution in [1.29, 1.82) is 0 Å². The van der Waals surface area contributed by atoms with Crippen LogP contribution in [0.4, 0.5) is 0 Å². The van der Waals surface area contributed by atoms with Crippen LogP contribution in [-0.2, 0) is 19.5 Å². The number of hydrogen-bond acceptors (Lipinski definition) is 3. The predicted molar refractivity (Wildman–Crippen MR) is 104 cm³/mol. The number of hydrogen-bond donors (Lipinski definition) is 0. The molecular weight excluding hydrogens is 376 g/mol. The Morgan fingerprint density at radius 1 is 1.20 bits per heavy atom. The predicted octanol–water partition coefficient (Wildman–Crippen LogP) is 4.45. The first-order valence-corrected chi connectivity index (χ1v) is 9.45. The Morgan fingerprint density at radius 3 is 2.80 bits per heavy atom. The quantitative estimate of drug-likeness (QED) is 0.639. The van der Waals surface area contributed by atoms with Gasteiger partial charge in [-0.3, -0.25) is 4.90 Å². The molecule has 4 nitrogen and oxygen atoms in total. The summed E-state index contributed by atoms with van der Waals surface area (Å²) < 4.78 is 2.82. The first-order valence-electron chi connectivity index (χ1n) is 8.66. The van der Waals surface area contributed by atoms with E-state index in [1.54, 1.807) is 0 Å². The lowest BCUT2D eigenvalue weighted by atomic mass is 9.84. The van der Waals surface area contributed by atoms with Gasteiger partial charge in [0.2, 0.25) is 0 Å². The summed E-state index contributed by atoms with van der Waals surface area (Å²) in [4.78, 5) is 7.16. The van der Waals surface area contributed by atoms with E-state index in [-0.39, 0.29) is 5.54 Å². The van der Waals surface area contributed by atoms with E-state index in [0.717, 1.165) is 35.3 Å². The standard InChI is InChI=1S/C20H23BrN4/c1-13-5-6-15-8-20(3,4)24(10-16(15)7-13)12-18-14(2)23-25-11-17(21)9-22-19(18)25/h5-7,9,11H,8,10,12H2,1-4H3. The van der Waals surface area contributed by atoms with Gasteiger partial charge in [-0.15, -0.1) is 0 Å². The molecule has 0 unspecified atom stereocenters. The molecule has 130 valence electrons. The molecule has 0 N–H and O–H groups in total. The fourth-order valence-corrected chi connectivity index (χ4v) is 4.08. The molecule has 0 aliphatic carbocycles. The Labute approximate surface area is 157 Å². The molecule has 0 amide bonds. The highest BCUT2D eigenvalue weighted by Crippen LogP contribution is 2.33. The van der Waals surface area contributed by atoms with Crippen molar-refractivity contribution >= 4 is 21.6 Å². The Hall–Kier alpha value is -1.72. The minimum Gasteiger partial charge on any atom is -0.289 e. The van der Waals surface area contributed by atoms with Gasteiger partial charge in [0.1, 0.15) is 0 Å². The van der Waals surface area contributed by atoms with Crippen molar-refractivity contribution in [2.75, 3.05) is 0 Å². The molecule has 1 aliphatic rings. The monoisotopic (exact) mass is 398 g/mol. The summed E-state index contributed by atoms with van der Waals surface area (Å²) in [6.45, 7) is 10.7. The number of halogens is 1. The zero-order valence-corrected chi connectivity index (χ0v) is 16.8. The first-order chi connectivity index (χ1) is 11.8. The molecule has 0 bridgehead atoms. The van der Waals surface area contributed by atoms with Crippen molar-refractivity contribution in [3.63, 3.8) is 0 Å². The molecule has 0 fully saturated rings. The average Bonchev–Trinajstić information content (AvgIpc) is 2.83. The minimum atomic E-state index is 0.109. The summed E-state index contributed by atoms with van der Waals surface area (Å²) >= 11 is 3.47. The van der Waals surface area contributed by atoms with E-state index in [4.69, 9.17) is 0 Å². The third-order valence-corrected chi connectivity index (χ3v) is 5.70. The fraction of sp³-hybridized carbons (Fsp3) is 0.400. The second-order valence-electron chi connectivity index (χ2n) is 7.72. The van der Waals surface area contributed by atoms with Gasteiger partial charge in [0.25, 0.3) is 0 Å². The van der Waals surface area contributed by atoms with Gasteiger partial charge in [-0.2, -0.15) is 5.10 Å². The third kappa shape index (κ3) is 3.00. The third-order valence-electron chi connectivity index (χ3n) is 5.29. The van der Waals surface area contributed by atoms with E-state index in [9.17, 15) is 0 Å². The normalized spacial score (nSPS) is 17.0. The van der Waals surface area contributed by atoms with Crippen LogP contribution in [0.1, 0.15) is 41.8 Å². The topological polar surface area (TPSA) is 33.4 Å². The summed E-state index contributed by atoms with van der Waals surface area (Å²) in [5, 5.41) is 4.64. The van der Waals surface area contributed by atoms with Gasteiger partial charge in [0, 0.05) is 36.6 Å². The SMILES string of the molecule is Cc1ccc2c(c1)CN(Cc1c(C)nn3cc(Br)cnc13)C(C)(C)C2. The molecule has 3 heterocycles. The molecule has 25 heavy (non-hydrogen) atoms. The van der Waals surface area contributed by atoms with Gasteiger partial charge in [0.05, 0.1) is 10.2 Å². The minimum absolute atomic E-state index is 0.109. The maximum Gasteiger partial charge on any atom is 0.159 e. The van der Waals surface area contributed by atoms with Crippen LogP contribution in [0, 0.1) is 13.8 Å². The van der Waals surface area contributed by atoms with Crippen molar-refractivity contribution in [1.82, 2.24) is 19.5 Å². The molecule has 4 rings (SSSR count). The van der Waals surface area contributed by atoms with E-state index in [1.165, 1.54) is 22.3 Å². The maximum absolute atomic E-state index is 4.64. The van der Waals surface area contributed by atoms with Gasteiger partial charge in [-0.25, -0.2) is 9.50 Å².